The van der Waals surface area contributed by atoms with Crippen LogP contribution in [0.25, 0.3) is 0 Å². The van der Waals surface area contributed by atoms with Gasteiger partial charge in [-0.25, -0.2) is 9.97 Å². The predicted molar refractivity (Wildman–Crippen MR) is 70.1 cm³/mol. The molecule has 1 aromatic rings. The molecule has 5 heteroatoms. The number of anilines is 1. The summed E-state index contributed by atoms with van der Waals surface area (Å²) in [7, 11) is 0. The van der Waals surface area contributed by atoms with Gasteiger partial charge in [-0.05, 0) is 6.42 Å². The zero-order valence-electron chi connectivity index (χ0n) is 10.2. The van der Waals surface area contributed by atoms with Crippen molar-refractivity contribution >= 4 is 17.6 Å². The van der Waals surface area contributed by atoms with E-state index in [4.69, 9.17) is 5.26 Å². The molecule has 1 aromatic heterocycles. The molecule has 0 aromatic carbocycles. The van der Waals surface area contributed by atoms with Crippen LogP contribution >= 0.6 is 11.8 Å². The Morgan fingerprint density at radius 1 is 1.35 bits per heavy atom. The van der Waals surface area contributed by atoms with Crippen LogP contribution in [0.4, 0.5) is 5.82 Å². The first kappa shape index (κ1) is 12.2. The molecule has 90 valence electrons. The highest BCUT2D eigenvalue weighted by atomic mass is 32.2. The van der Waals surface area contributed by atoms with E-state index in [0.29, 0.717) is 10.4 Å². The summed E-state index contributed by atoms with van der Waals surface area (Å²) >= 11 is 1.98. The van der Waals surface area contributed by atoms with Gasteiger partial charge < -0.3 is 4.90 Å². The highest BCUT2D eigenvalue weighted by molar-refractivity contribution is 8.00. The molecule has 2 rings (SSSR count). The summed E-state index contributed by atoms with van der Waals surface area (Å²) < 4.78 is 0.309. The van der Waals surface area contributed by atoms with E-state index < -0.39 is 0 Å². The van der Waals surface area contributed by atoms with Crippen LogP contribution in [0.2, 0.25) is 0 Å². The Balaban J connectivity index is 2.20. The van der Waals surface area contributed by atoms with E-state index in [1.165, 1.54) is 0 Å². The van der Waals surface area contributed by atoms with Crippen molar-refractivity contribution in [3.05, 3.63) is 18.1 Å². The lowest BCUT2D eigenvalue weighted by Gasteiger charge is -2.23. The van der Waals surface area contributed by atoms with Crippen molar-refractivity contribution in [3.8, 4) is 6.07 Å². The Morgan fingerprint density at radius 3 is 2.88 bits per heavy atom. The molecule has 0 saturated carbocycles. The fourth-order valence-electron chi connectivity index (χ4n) is 1.87. The second-order valence-corrected chi connectivity index (χ2v) is 6.49. The summed E-state index contributed by atoms with van der Waals surface area (Å²) in [6.45, 7) is 6.40. The fourth-order valence-corrected chi connectivity index (χ4v) is 2.97. The molecule has 0 spiro atoms. The lowest BCUT2D eigenvalue weighted by Crippen LogP contribution is -2.28. The van der Waals surface area contributed by atoms with Gasteiger partial charge in [0.1, 0.15) is 6.07 Å². The second kappa shape index (κ2) is 4.92. The largest absolute Gasteiger partial charge is 0.353 e. The monoisotopic (exact) mass is 248 g/mol. The van der Waals surface area contributed by atoms with Gasteiger partial charge in [-0.15, -0.1) is 0 Å². The summed E-state index contributed by atoms with van der Waals surface area (Å²) in [5, 5.41) is 9.04. The summed E-state index contributed by atoms with van der Waals surface area (Å²) in [5.74, 6) is 1.79. The van der Waals surface area contributed by atoms with E-state index in [9.17, 15) is 0 Å². The topological polar surface area (TPSA) is 52.8 Å². The van der Waals surface area contributed by atoms with Gasteiger partial charge in [-0.2, -0.15) is 17.0 Å². The van der Waals surface area contributed by atoms with Crippen molar-refractivity contribution in [1.29, 1.82) is 5.26 Å². The van der Waals surface area contributed by atoms with E-state index >= 15 is 0 Å². The van der Waals surface area contributed by atoms with Crippen LogP contribution in [0.1, 0.15) is 26.0 Å². The normalized spacial score (nSPS) is 19.5. The second-order valence-electron chi connectivity index (χ2n) is 4.69. The maximum absolute atomic E-state index is 9.04. The third-order valence-corrected chi connectivity index (χ3v) is 4.29. The molecule has 17 heavy (non-hydrogen) atoms. The zero-order chi connectivity index (χ0) is 12.3. The predicted octanol–water partition coefficient (Wildman–Crippen LogP) is 2.07. The Bertz CT molecular complexity index is 438. The molecule has 1 aliphatic heterocycles. The van der Waals surface area contributed by atoms with E-state index in [0.717, 1.165) is 31.1 Å². The quantitative estimate of drug-likeness (QED) is 0.761. The van der Waals surface area contributed by atoms with E-state index in [-0.39, 0.29) is 0 Å². The molecule has 0 unspecified atom stereocenters. The Morgan fingerprint density at radius 2 is 2.12 bits per heavy atom. The number of aromatic nitrogens is 2. The number of thioether (sulfide) groups is 1. The average molecular weight is 248 g/mol. The van der Waals surface area contributed by atoms with Crippen molar-refractivity contribution in [3.63, 3.8) is 0 Å². The molecule has 1 saturated heterocycles. The van der Waals surface area contributed by atoms with Crippen LogP contribution in [0.5, 0.6) is 0 Å². The van der Waals surface area contributed by atoms with Gasteiger partial charge in [0.25, 0.3) is 0 Å². The average Bonchev–Trinajstić information content (AvgIpc) is 2.50. The lowest BCUT2D eigenvalue weighted by molar-refractivity contribution is 0.634. The smallest absolute Gasteiger partial charge is 0.183 e. The first-order chi connectivity index (χ1) is 8.12. The Hall–Kier alpha value is -1.28. The van der Waals surface area contributed by atoms with E-state index in [1.54, 1.807) is 12.4 Å². The Kier molecular flexibility index (Phi) is 3.53. The first-order valence-electron chi connectivity index (χ1n) is 5.72. The molecule has 2 heterocycles. The van der Waals surface area contributed by atoms with Crippen molar-refractivity contribution in [1.82, 2.24) is 9.97 Å². The highest BCUT2D eigenvalue weighted by Gasteiger charge is 2.25. The standard InChI is InChI=1S/C12H16N4S/c1-12(2)3-6-16(7-8-17-12)11-10(9-13)14-4-5-15-11/h4-5H,3,6-8H2,1-2H3. The van der Waals surface area contributed by atoms with E-state index in [1.807, 2.05) is 11.8 Å². The number of nitrogens with zero attached hydrogens (tertiary/aromatic N) is 4. The third-order valence-electron chi connectivity index (χ3n) is 2.92. The number of rotatable bonds is 1. The Labute approximate surface area is 106 Å². The summed E-state index contributed by atoms with van der Waals surface area (Å²) in [4.78, 5) is 10.5. The van der Waals surface area contributed by atoms with Gasteiger partial charge in [0, 0.05) is 36.0 Å². The van der Waals surface area contributed by atoms with Gasteiger partial charge in [0.05, 0.1) is 0 Å². The summed E-state index contributed by atoms with van der Waals surface area (Å²) in [6, 6.07) is 2.11. The molecule has 0 radical (unpaired) electrons. The van der Waals surface area contributed by atoms with Crippen molar-refractivity contribution in [2.75, 3.05) is 23.7 Å². The maximum atomic E-state index is 9.04. The number of nitriles is 1. The van der Waals surface area contributed by atoms with E-state index in [2.05, 4.69) is 34.8 Å². The van der Waals surface area contributed by atoms with Crippen molar-refractivity contribution in [2.45, 2.75) is 25.0 Å². The molecule has 0 N–H and O–H groups in total. The van der Waals surface area contributed by atoms with Crippen LogP contribution in [0.15, 0.2) is 12.4 Å². The van der Waals surface area contributed by atoms with Gasteiger partial charge in [-0.3, -0.25) is 0 Å². The lowest BCUT2D eigenvalue weighted by atomic mass is 10.1. The fraction of sp³-hybridized carbons (Fsp3) is 0.583. The van der Waals surface area contributed by atoms with Crippen molar-refractivity contribution in [2.24, 2.45) is 0 Å². The van der Waals surface area contributed by atoms with Crippen LogP contribution in [0.3, 0.4) is 0 Å². The third kappa shape index (κ3) is 2.89. The first-order valence-corrected chi connectivity index (χ1v) is 6.71. The molecule has 0 atom stereocenters. The molecule has 1 aliphatic rings. The highest BCUT2D eigenvalue weighted by Crippen LogP contribution is 2.32. The SMILES string of the molecule is CC1(C)CCN(c2nccnc2C#N)CCS1. The minimum atomic E-state index is 0.309. The molecule has 0 bridgehead atoms. The van der Waals surface area contributed by atoms with Crippen LogP contribution < -0.4 is 4.90 Å². The minimum Gasteiger partial charge on any atom is -0.353 e. The zero-order valence-corrected chi connectivity index (χ0v) is 11.0. The van der Waals surface area contributed by atoms with Crippen LogP contribution in [0, 0.1) is 11.3 Å². The minimum absolute atomic E-state index is 0.309. The van der Waals surface area contributed by atoms with Crippen LogP contribution in [-0.4, -0.2) is 33.6 Å². The van der Waals surface area contributed by atoms with Crippen molar-refractivity contribution < 1.29 is 0 Å². The number of hydrogen-bond acceptors (Lipinski definition) is 5. The van der Waals surface area contributed by atoms with Gasteiger partial charge in [0.2, 0.25) is 0 Å². The van der Waals surface area contributed by atoms with Gasteiger partial charge in [0.15, 0.2) is 11.5 Å². The molecule has 0 aliphatic carbocycles. The summed E-state index contributed by atoms with van der Waals surface area (Å²) in [6.07, 6.45) is 4.32. The molecule has 1 fully saturated rings. The molecule has 0 amide bonds. The summed E-state index contributed by atoms with van der Waals surface area (Å²) in [5.41, 5.74) is 0.428. The molecular formula is C12H16N4S. The van der Waals surface area contributed by atoms with Gasteiger partial charge in [-0.1, -0.05) is 13.8 Å². The maximum Gasteiger partial charge on any atom is 0.183 e. The van der Waals surface area contributed by atoms with Gasteiger partial charge >= 0.3 is 0 Å². The van der Waals surface area contributed by atoms with Crippen LogP contribution in [-0.2, 0) is 0 Å². The molecular weight excluding hydrogens is 232 g/mol. The molecule has 4 nitrogen and oxygen atoms in total. The number of hydrogen-bond donors (Lipinski definition) is 0.